The number of methoxy groups -OCH3 is 1. The number of carbonyl (C=O) groups excluding carboxylic acids is 1. The lowest BCUT2D eigenvalue weighted by Crippen LogP contribution is -2.04. The van der Waals surface area contributed by atoms with Crippen molar-refractivity contribution in [3.05, 3.63) is 48.4 Å². The molecule has 3 rings (SSSR count). The quantitative estimate of drug-likeness (QED) is 0.649. The first-order chi connectivity index (χ1) is 9.29. The van der Waals surface area contributed by atoms with Crippen LogP contribution in [0.4, 0.5) is 0 Å². The van der Waals surface area contributed by atoms with Gasteiger partial charge in [0.15, 0.2) is 11.5 Å². The lowest BCUT2D eigenvalue weighted by Gasteiger charge is -1.99. The van der Waals surface area contributed by atoms with E-state index in [1.54, 1.807) is 35.2 Å². The Balaban J connectivity index is 2.19. The van der Waals surface area contributed by atoms with Crippen molar-refractivity contribution < 1.29 is 9.53 Å². The minimum atomic E-state index is -0.435. The van der Waals surface area contributed by atoms with Crippen molar-refractivity contribution in [2.75, 3.05) is 7.11 Å². The highest BCUT2D eigenvalue weighted by molar-refractivity contribution is 5.95. The maximum Gasteiger partial charge on any atom is 0.341 e. The number of esters is 1. The van der Waals surface area contributed by atoms with Gasteiger partial charge in [0.25, 0.3) is 0 Å². The van der Waals surface area contributed by atoms with E-state index >= 15 is 0 Å². The van der Waals surface area contributed by atoms with E-state index < -0.39 is 5.97 Å². The summed E-state index contributed by atoms with van der Waals surface area (Å²) in [5.74, 6) is 0.0835. The summed E-state index contributed by atoms with van der Waals surface area (Å²) in [6.45, 7) is 0. The second-order valence-electron chi connectivity index (χ2n) is 3.86. The van der Waals surface area contributed by atoms with Crippen LogP contribution < -0.4 is 0 Å². The largest absolute Gasteiger partial charge is 0.465 e. The van der Waals surface area contributed by atoms with E-state index in [1.807, 2.05) is 12.1 Å². The van der Waals surface area contributed by atoms with Crippen LogP contribution in [0.1, 0.15) is 10.4 Å². The molecule has 0 aliphatic heterocycles. The molecule has 0 radical (unpaired) electrons. The fourth-order valence-corrected chi connectivity index (χ4v) is 1.79. The molecule has 3 heterocycles. The summed E-state index contributed by atoms with van der Waals surface area (Å²) in [5.41, 5.74) is 1.64. The van der Waals surface area contributed by atoms with Crippen molar-refractivity contribution in [3.8, 4) is 11.4 Å². The molecule has 0 atom stereocenters. The Morgan fingerprint density at radius 1 is 1.32 bits per heavy atom. The minimum absolute atomic E-state index is 0.382. The van der Waals surface area contributed by atoms with Gasteiger partial charge in [-0.3, -0.25) is 4.98 Å². The molecule has 3 aromatic rings. The zero-order valence-electron chi connectivity index (χ0n) is 10.1. The van der Waals surface area contributed by atoms with Gasteiger partial charge in [0.2, 0.25) is 0 Å². The Morgan fingerprint density at radius 2 is 2.21 bits per heavy atom. The molecule has 0 saturated heterocycles. The number of ether oxygens (including phenoxy) is 1. The number of nitrogens with zero attached hydrogens (tertiary/aromatic N) is 4. The van der Waals surface area contributed by atoms with Crippen molar-refractivity contribution in [2.24, 2.45) is 0 Å². The number of rotatable bonds is 2. The average molecular weight is 254 g/mol. The third kappa shape index (κ3) is 1.93. The van der Waals surface area contributed by atoms with Gasteiger partial charge in [-0.05, 0) is 24.3 Å². The lowest BCUT2D eigenvalue weighted by atomic mass is 10.2. The number of hydrogen-bond donors (Lipinski definition) is 0. The van der Waals surface area contributed by atoms with Gasteiger partial charge in [0, 0.05) is 24.2 Å². The van der Waals surface area contributed by atoms with Crippen molar-refractivity contribution in [3.63, 3.8) is 0 Å². The molecular formula is C13H10N4O2. The van der Waals surface area contributed by atoms with Gasteiger partial charge in [-0.25, -0.2) is 14.3 Å². The first kappa shape index (κ1) is 11.3. The fraction of sp³-hybridized carbons (Fsp3) is 0.0769. The molecule has 0 unspecified atom stereocenters. The third-order valence-electron chi connectivity index (χ3n) is 2.69. The van der Waals surface area contributed by atoms with E-state index in [4.69, 9.17) is 4.74 Å². The van der Waals surface area contributed by atoms with E-state index in [9.17, 15) is 4.79 Å². The lowest BCUT2D eigenvalue weighted by molar-refractivity contribution is 0.0602. The van der Waals surface area contributed by atoms with Crippen LogP contribution in [0.5, 0.6) is 0 Å². The van der Waals surface area contributed by atoms with Gasteiger partial charge in [0.05, 0.1) is 7.11 Å². The summed E-state index contributed by atoms with van der Waals surface area (Å²) < 4.78 is 6.28. The Labute approximate surface area is 108 Å². The number of pyridine rings is 2. The molecule has 0 aromatic carbocycles. The Morgan fingerprint density at radius 3 is 2.95 bits per heavy atom. The number of fused-ring (bicyclic) bond motifs is 1. The monoisotopic (exact) mass is 254 g/mol. The maximum atomic E-state index is 11.7. The highest BCUT2D eigenvalue weighted by Gasteiger charge is 2.15. The van der Waals surface area contributed by atoms with Crippen molar-refractivity contribution in [1.29, 1.82) is 0 Å². The average Bonchev–Trinajstić information content (AvgIpc) is 2.91. The van der Waals surface area contributed by atoms with Crippen molar-refractivity contribution >= 4 is 11.6 Å². The topological polar surface area (TPSA) is 69.4 Å². The number of hydrogen-bond acceptors (Lipinski definition) is 5. The summed E-state index contributed by atoms with van der Waals surface area (Å²) in [6.07, 6.45) is 5.08. The zero-order chi connectivity index (χ0) is 13.2. The first-order valence-corrected chi connectivity index (χ1v) is 5.63. The minimum Gasteiger partial charge on any atom is -0.465 e. The fourth-order valence-electron chi connectivity index (χ4n) is 1.79. The predicted molar refractivity (Wildman–Crippen MR) is 67.6 cm³/mol. The zero-order valence-corrected chi connectivity index (χ0v) is 10.1. The predicted octanol–water partition coefficient (Wildman–Crippen LogP) is 1.58. The van der Waals surface area contributed by atoms with E-state index in [1.165, 1.54) is 7.11 Å². The van der Waals surface area contributed by atoms with Crippen molar-refractivity contribution in [2.45, 2.75) is 0 Å². The molecule has 0 saturated carbocycles. The van der Waals surface area contributed by atoms with E-state index in [-0.39, 0.29) is 0 Å². The molecule has 0 amide bonds. The van der Waals surface area contributed by atoms with Gasteiger partial charge >= 0.3 is 5.97 Å². The molecule has 19 heavy (non-hydrogen) atoms. The molecule has 0 fully saturated rings. The molecular weight excluding hydrogens is 244 g/mol. The Hall–Kier alpha value is -2.76. The van der Waals surface area contributed by atoms with Crippen LogP contribution in [-0.4, -0.2) is 32.7 Å². The second-order valence-corrected chi connectivity index (χ2v) is 3.86. The van der Waals surface area contributed by atoms with E-state index in [2.05, 4.69) is 15.1 Å². The summed E-state index contributed by atoms with van der Waals surface area (Å²) >= 11 is 0. The summed E-state index contributed by atoms with van der Waals surface area (Å²) in [7, 11) is 1.34. The molecule has 0 aliphatic carbocycles. The van der Waals surface area contributed by atoms with E-state index in [0.717, 1.165) is 5.56 Å². The van der Waals surface area contributed by atoms with Crippen LogP contribution in [0.3, 0.4) is 0 Å². The van der Waals surface area contributed by atoms with E-state index in [0.29, 0.717) is 17.0 Å². The second kappa shape index (κ2) is 4.49. The van der Waals surface area contributed by atoms with Crippen LogP contribution in [-0.2, 0) is 4.74 Å². The molecule has 6 heteroatoms. The highest BCUT2D eigenvalue weighted by Crippen LogP contribution is 2.17. The Kier molecular flexibility index (Phi) is 2.68. The van der Waals surface area contributed by atoms with Gasteiger partial charge in [-0.1, -0.05) is 0 Å². The Bertz CT molecular complexity index is 737. The van der Waals surface area contributed by atoms with Crippen LogP contribution >= 0.6 is 0 Å². The summed E-state index contributed by atoms with van der Waals surface area (Å²) in [5, 5.41) is 4.32. The molecule has 94 valence electrons. The molecule has 3 aromatic heterocycles. The summed E-state index contributed by atoms with van der Waals surface area (Å²) in [4.78, 5) is 20.0. The van der Waals surface area contributed by atoms with Crippen LogP contribution in [0.25, 0.3) is 17.0 Å². The van der Waals surface area contributed by atoms with Crippen LogP contribution in [0.15, 0.2) is 42.9 Å². The molecule has 6 nitrogen and oxygen atoms in total. The smallest absolute Gasteiger partial charge is 0.341 e. The van der Waals surface area contributed by atoms with Gasteiger partial charge in [-0.2, -0.15) is 0 Å². The SMILES string of the molecule is COC(=O)c1cccn2nc(-c3cccnc3)nc12. The molecule has 0 bridgehead atoms. The highest BCUT2D eigenvalue weighted by atomic mass is 16.5. The van der Waals surface area contributed by atoms with Gasteiger partial charge in [0.1, 0.15) is 5.56 Å². The molecule has 0 N–H and O–H groups in total. The number of carbonyl (C=O) groups is 1. The molecule has 0 spiro atoms. The molecule has 0 aliphatic rings. The van der Waals surface area contributed by atoms with Gasteiger partial charge in [-0.15, -0.1) is 5.10 Å². The van der Waals surface area contributed by atoms with Crippen LogP contribution in [0.2, 0.25) is 0 Å². The first-order valence-electron chi connectivity index (χ1n) is 5.63. The summed E-state index contributed by atoms with van der Waals surface area (Å²) in [6, 6.07) is 7.05. The van der Waals surface area contributed by atoms with Gasteiger partial charge < -0.3 is 4.74 Å². The standard InChI is InChI=1S/C13H10N4O2/c1-19-13(18)10-5-3-7-17-12(10)15-11(16-17)9-4-2-6-14-8-9/h2-8H,1H3. The normalized spacial score (nSPS) is 10.6. The maximum absolute atomic E-state index is 11.7. The van der Waals surface area contributed by atoms with Crippen LogP contribution in [0, 0.1) is 0 Å². The third-order valence-corrected chi connectivity index (χ3v) is 2.69. The van der Waals surface area contributed by atoms with Crippen molar-refractivity contribution in [1.82, 2.24) is 19.6 Å². The number of aromatic nitrogens is 4.